The molecule has 1 fully saturated rings. The summed E-state index contributed by atoms with van der Waals surface area (Å²) < 4.78 is 2.10. The minimum absolute atomic E-state index is 0.0872. The summed E-state index contributed by atoms with van der Waals surface area (Å²) in [5.41, 5.74) is 0.923. The second-order valence-electron chi connectivity index (χ2n) is 3.43. The van der Waals surface area contributed by atoms with Crippen LogP contribution >= 0.6 is 0 Å². The highest BCUT2D eigenvalue weighted by molar-refractivity contribution is 4.99. The maximum absolute atomic E-state index is 9.06. The predicted octanol–water partition coefficient (Wildman–Crippen LogP) is 0.300. The van der Waals surface area contributed by atoms with E-state index in [1.165, 1.54) is 0 Å². The quantitative estimate of drug-likeness (QED) is 0.690. The molecule has 72 valence electrons. The Labute approximate surface area is 77.6 Å². The molecule has 2 N–H and O–H groups in total. The third kappa shape index (κ3) is 1.73. The highest BCUT2D eigenvalue weighted by Gasteiger charge is 2.16. The Morgan fingerprint density at radius 1 is 1.54 bits per heavy atom. The van der Waals surface area contributed by atoms with E-state index in [1.807, 2.05) is 6.33 Å². The van der Waals surface area contributed by atoms with Gasteiger partial charge in [-0.3, -0.25) is 0 Å². The fourth-order valence-electron chi connectivity index (χ4n) is 1.87. The van der Waals surface area contributed by atoms with Gasteiger partial charge in [0.15, 0.2) is 0 Å². The Bertz CT molecular complexity index is 266. The van der Waals surface area contributed by atoms with Crippen molar-refractivity contribution in [1.82, 2.24) is 14.9 Å². The van der Waals surface area contributed by atoms with Gasteiger partial charge in [0.05, 0.1) is 24.8 Å². The van der Waals surface area contributed by atoms with E-state index in [1.54, 1.807) is 6.20 Å². The molecule has 0 unspecified atom stereocenters. The average molecular weight is 181 g/mol. The van der Waals surface area contributed by atoms with Crippen molar-refractivity contribution in [3.8, 4) is 0 Å². The number of rotatable bonds is 2. The predicted molar refractivity (Wildman–Crippen MR) is 49.3 cm³/mol. The van der Waals surface area contributed by atoms with Crippen LogP contribution in [0.15, 0.2) is 12.5 Å². The fourth-order valence-corrected chi connectivity index (χ4v) is 1.87. The van der Waals surface area contributed by atoms with Gasteiger partial charge in [-0.2, -0.15) is 0 Å². The second kappa shape index (κ2) is 3.89. The lowest BCUT2D eigenvalue weighted by molar-refractivity contribution is 0.259. The molecular formula is C9H15N3O. The molecule has 0 aliphatic carbocycles. The van der Waals surface area contributed by atoms with Crippen LogP contribution in [0.2, 0.25) is 0 Å². The van der Waals surface area contributed by atoms with Gasteiger partial charge >= 0.3 is 0 Å². The third-order valence-electron chi connectivity index (χ3n) is 2.61. The van der Waals surface area contributed by atoms with Gasteiger partial charge in [0.2, 0.25) is 0 Å². The van der Waals surface area contributed by atoms with Crippen molar-refractivity contribution in [2.75, 3.05) is 13.1 Å². The van der Waals surface area contributed by atoms with E-state index in [-0.39, 0.29) is 6.61 Å². The summed E-state index contributed by atoms with van der Waals surface area (Å²) in [6.07, 6.45) is 5.82. The summed E-state index contributed by atoms with van der Waals surface area (Å²) in [5, 5.41) is 12.4. The molecule has 0 saturated carbocycles. The van der Waals surface area contributed by atoms with Crippen LogP contribution in [0.25, 0.3) is 0 Å². The van der Waals surface area contributed by atoms with Crippen LogP contribution in [0.1, 0.15) is 24.6 Å². The molecule has 1 saturated heterocycles. The van der Waals surface area contributed by atoms with Crippen LogP contribution in [-0.2, 0) is 6.61 Å². The zero-order chi connectivity index (χ0) is 9.10. The van der Waals surface area contributed by atoms with Crippen LogP contribution < -0.4 is 5.32 Å². The molecule has 0 radical (unpaired) electrons. The SMILES string of the molecule is OCc1cncn1C1CCNCC1. The molecule has 1 aliphatic rings. The van der Waals surface area contributed by atoms with E-state index >= 15 is 0 Å². The minimum atomic E-state index is 0.0872. The highest BCUT2D eigenvalue weighted by atomic mass is 16.3. The van der Waals surface area contributed by atoms with E-state index in [4.69, 9.17) is 5.11 Å². The number of aliphatic hydroxyl groups is 1. The number of piperidine rings is 1. The first-order valence-corrected chi connectivity index (χ1v) is 4.74. The summed E-state index contributed by atoms with van der Waals surface area (Å²) in [5.74, 6) is 0. The largest absolute Gasteiger partial charge is 0.390 e. The van der Waals surface area contributed by atoms with Crippen LogP contribution in [0, 0.1) is 0 Å². The minimum Gasteiger partial charge on any atom is -0.390 e. The van der Waals surface area contributed by atoms with E-state index in [9.17, 15) is 0 Å². The van der Waals surface area contributed by atoms with Crippen molar-refractivity contribution in [3.63, 3.8) is 0 Å². The van der Waals surface area contributed by atoms with Crippen LogP contribution in [-0.4, -0.2) is 27.7 Å². The number of aromatic nitrogens is 2. The summed E-state index contributed by atoms with van der Waals surface area (Å²) in [6, 6.07) is 0.519. The number of aliphatic hydroxyl groups excluding tert-OH is 1. The number of hydrogen-bond donors (Lipinski definition) is 2. The zero-order valence-corrected chi connectivity index (χ0v) is 7.61. The Balaban J connectivity index is 2.13. The maximum atomic E-state index is 9.06. The number of hydrogen-bond acceptors (Lipinski definition) is 3. The van der Waals surface area contributed by atoms with Gasteiger partial charge in [0.1, 0.15) is 0 Å². The van der Waals surface area contributed by atoms with Crippen molar-refractivity contribution in [2.45, 2.75) is 25.5 Å². The number of nitrogens with one attached hydrogen (secondary N) is 1. The van der Waals surface area contributed by atoms with E-state index in [0.717, 1.165) is 31.6 Å². The molecule has 0 aromatic carbocycles. The zero-order valence-electron chi connectivity index (χ0n) is 7.61. The first-order valence-electron chi connectivity index (χ1n) is 4.74. The molecular weight excluding hydrogens is 166 g/mol. The molecule has 4 heteroatoms. The molecule has 4 nitrogen and oxygen atoms in total. The maximum Gasteiger partial charge on any atom is 0.0951 e. The van der Waals surface area contributed by atoms with Crippen molar-refractivity contribution in [3.05, 3.63) is 18.2 Å². The van der Waals surface area contributed by atoms with Crippen LogP contribution in [0.4, 0.5) is 0 Å². The Kier molecular flexibility index (Phi) is 2.61. The van der Waals surface area contributed by atoms with Crippen molar-refractivity contribution in [1.29, 1.82) is 0 Å². The summed E-state index contributed by atoms with van der Waals surface area (Å²) >= 11 is 0. The Hall–Kier alpha value is -0.870. The summed E-state index contributed by atoms with van der Waals surface area (Å²) in [6.45, 7) is 2.21. The van der Waals surface area contributed by atoms with E-state index < -0.39 is 0 Å². The standard InChI is InChI=1S/C9H15N3O/c13-6-9-5-11-7-12(9)8-1-3-10-4-2-8/h5,7-8,10,13H,1-4,6H2. The number of imidazole rings is 1. The lowest BCUT2D eigenvalue weighted by Crippen LogP contribution is -2.29. The molecule has 1 aliphatic heterocycles. The molecule has 0 bridgehead atoms. The molecule has 2 rings (SSSR count). The van der Waals surface area contributed by atoms with Crippen molar-refractivity contribution >= 4 is 0 Å². The third-order valence-corrected chi connectivity index (χ3v) is 2.61. The summed E-state index contributed by atoms with van der Waals surface area (Å²) in [4.78, 5) is 4.05. The van der Waals surface area contributed by atoms with Crippen molar-refractivity contribution < 1.29 is 5.11 Å². The van der Waals surface area contributed by atoms with Gasteiger partial charge in [-0.05, 0) is 25.9 Å². The van der Waals surface area contributed by atoms with Gasteiger partial charge in [-0.25, -0.2) is 4.98 Å². The smallest absolute Gasteiger partial charge is 0.0951 e. The van der Waals surface area contributed by atoms with Crippen LogP contribution in [0.3, 0.4) is 0 Å². The first-order chi connectivity index (χ1) is 6.42. The van der Waals surface area contributed by atoms with E-state index in [0.29, 0.717) is 6.04 Å². The van der Waals surface area contributed by atoms with Gasteiger partial charge in [0, 0.05) is 6.04 Å². The first kappa shape index (κ1) is 8.72. The van der Waals surface area contributed by atoms with Crippen molar-refractivity contribution in [2.24, 2.45) is 0 Å². The van der Waals surface area contributed by atoms with Gasteiger partial charge < -0.3 is 15.0 Å². The Morgan fingerprint density at radius 2 is 2.31 bits per heavy atom. The topological polar surface area (TPSA) is 50.1 Å². The fraction of sp³-hybridized carbons (Fsp3) is 0.667. The summed E-state index contributed by atoms with van der Waals surface area (Å²) in [7, 11) is 0. The van der Waals surface area contributed by atoms with Gasteiger partial charge in [0.25, 0.3) is 0 Å². The second-order valence-corrected chi connectivity index (χ2v) is 3.43. The molecule has 1 aromatic rings. The molecule has 1 aromatic heterocycles. The van der Waals surface area contributed by atoms with Crippen LogP contribution in [0.5, 0.6) is 0 Å². The molecule has 13 heavy (non-hydrogen) atoms. The van der Waals surface area contributed by atoms with Gasteiger partial charge in [-0.15, -0.1) is 0 Å². The molecule has 0 spiro atoms. The average Bonchev–Trinajstić information content (AvgIpc) is 2.67. The van der Waals surface area contributed by atoms with E-state index in [2.05, 4.69) is 14.9 Å². The molecule has 0 amide bonds. The Morgan fingerprint density at radius 3 is 3.00 bits per heavy atom. The lowest BCUT2D eigenvalue weighted by atomic mass is 10.1. The highest BCUT2D eigenvalue weighted by Crippen LogP contribution is 2.19. The normalized spacial score (nSPS) is 19.2. The molecule has 0 atom stereocenters. The van der Waals surface area contributed by atoms with Gasteiger partial charge in [-0.1, -0.05) is 0 Å². The molecule has 2 heterocycles. The number of nitrogens with zero attached hydrogens (tertiary/aromatic N) is 2. The monoisotopic (exact) mass is 181 g/mol. The lowest BCUT2D eigenvalue weighted by Gasteiger charge is -2.25.